The Morgan fingerprint density at radius 2 is 1.74 bits per heavy atom. The quantitative estimate of drug-likeness (QED) is 0.415. The number of amides is 2. The number of hydrogen-bond acceptors (Lipinski definition) is 5. The topological polar surface area (TPSA) is 92.6 Å². The number of hydrogen-bond donors (Lipinski definition) is 1. The fourth-order valence-corrected chi connectivity index (χ4v) is 4.18. The van der Waals surface area contributed by atoms with Gasteiger partial charge in [-0.05, 0) is 38.8 Å². The molecule has 1 aliphatic carbocycles. The van der Waals surface area contributed by atoms with Crippen molar-refractivity contribution in [1.82, 2.24) is 10.2 Å². The fraction of sp³-hybridized carbons (Fsp3) is 0.579. The van der Waals surface area contributed by atoms with Crippen LogP contribution in [0.5, 0.6) is 0 Å². The van der Waals surface area contributed by atoms with E-state index in [1.165, 1.54) is 23.9 Å². The van der Waals surface area contributed by atoms with Crippen LogP contribution in [-0.2, 0) is 9.59 Å². The molecule has 1 aromatic rings. The smallest absolute Gasteiger partial charge is 0.269 e. The molecule has 27 heavy (non-hydrogen) atoms. The molecule has 8 heteroatoms. The van der Waals surface area contributed by atoms with Gasteiger partial charge in [0, 0.05) is 30.1 Å². The van der Waals surface area contributed by atoms with Crippen LogP contribution < -0.4 is 5.32 Å². The van der Waals surface area contributed by atoms with Gasteiger partial charge in [0.1, 0.15) is 5.54 Å². The maximum atomic E-state index is 13.0. The molecule has 2 amide bonds. The first-order chi connectivity index (χ1) is 12.9. The number of rotatable bonds is 8. The van der Waals surface area contributed by atoms with E-state index in [4.69, 9.17) is 0 Å². The first kappa shape index (κ1) is 21.2. The van der Waals surface area contributed by atoms with Crippen molar-refractivity contribution in [3.8, 4) is 0 Å². The molecule has 0 spiro atoms. The van der Waals surface area contributed by atoms with Crippen molar-refractivity contribution in [2.45, 2.75) is 56.4 Å². The number of nitro groups is 1. The van der Waals surface area contributed by atoms with Crippen LogP contribution in [0.4, 0.5) is 5.69 Å². The van der Waals surface area contributed by atoms with Crippen molar-refractivity contribution in [3.63, 3.8) is 0 Å². The van der Waals surface area contributed by atoms with Crippen LogP contribution in [0.25, 0.3) is 0 Å². The largest absolute Gasteiger partial charge is 0.341 e. The lowest BCUT2D eigenvalue weighted by Crippen LogP contribution is -2.60. The SMILES string of the molecule is CCN(CC)C(=O)C1(NC(=O)CSc2ccc([N+](=O)[O-])cc2)CCCCC1. The van der Waals surface area contributed by atoms with Gasteiger partial charge in [-0.25, -0.2) is 0 Å². The highest BCUT2D eigenvalue weighted by molar-refractivity contribution is 8.00. The number of carbonyl (C=O) groups excluding carboxylic acids is 2. The molecule has 1 aromatic carbocycles. The Balaban J connectivity index is 2.01. The molecular formula is C19H27N3O4S. The zero-order valence-corrected chi connectivity index (χ0v) is 16.7. The average molecular weight is 394 g/mol. The Morgan fingerprint density at radius 3 is 2.26 bits per heavy atom. The third-order valence-electron chi connectivity index (χ3n) is 4.96. The molecule has 7 nitrogen and oxygen atoms in total. The molecule has 148 valence electrons. The van der Waals surface area contributed by atoms with Crippen molar-refractivity contribution in [1.29, 1.82) is 0 Å². The summed E-state index contributed by atoms with van der Waals surface area (Å²) in [5.74, 6) is 0.00657. The van der Waals surface area contributed by atoms with Gasteiger partial charge in [0.15, 0.2) is 0 Å². The van der Waals surface area contributed by atoms with Crippen molar-refractivity contribution in [3.05, 3.63) is 34.4 Å². The van der Waals surface area contributed by atoms with Crippen molar-refractivity contribution in [2.24, 2.45) is 0 Å². The van der Waals surface area contributed by atoms with E-state index in [0.29, 0.717) is 25.9 Å². The molecule has 0 atom stereocenters. The van der Waals surface area contributed by atoms with E-state index in [1.807, 2.05) is 13.8 Å². The molecule has 0 radical (unpaired) electrons. The molecule has 2 rings (SSSR count). The predicted octanol–water partition coefficient (Wildman–Crippen LogP) is 3.37. The second-order valence-electron chi connectivity index (χ2n) is 6.71. The number of thioether (sulfide) groups is 1. The molecule has 1 N–H and O–H groups in total. The molecule has 0 bridgehead atoms. The summed E-state index contributed by atoms with van der Waals surface area (Å²) in [6.45, 7) is 5.16. The highest BCUT2D eigenvalue weighted by Crippen LogP contribution is 2.30. The van der Waals surface area contributed by atoms with Gasteiger partial charge in [-0.3, -0.25) is 19.7 Å². The minimum atomic E-state index is -0.794. The molecule has 1 aliphatic rings. The van der Waals surface area contributed by atoms with Crippen LogP contribution in [0, 0.1) is 10.1 Å². The molecule has 0 saturated heterocycles. The van der Waals surface area contributed by atoms with Gasteiger partial charge in [-0.1, -0.05) is 19.3 Å². The lowest BCUT2D eigenvalue weighted by atomic mass is 9.80. The van der Waals surface area contributed by atoms with Gasteiger partial charge in [0.25, 0.3) is 5.69 Å². The molecule has 0 aliphatic heterocycles. The summed E-state index contributed by atoms with van der Waals surface area (Å²) in [5.41, 5.74) is -0.771. The van der Waals surface area contributed by atoms with E-state index in [-0.39, 0.29) is 23.3 Å². The summed E-state index contributed by atoms with van der Waals surface area (Å²) in [6, 6.07) is 6.11. The number of nitrogens with one attached hydrogen (secondary N) is 1. The van der Waals surface area contributed by atoms with Crippen molar-refractivity contribution >= 4 is 29.3 Å². The third kappa shape index (κ3) is 5.45. The Kier molecular flexibility index (Phi) is 7.65. The second kappa shape index (κ2) is 9.73. The van der Waals surface area contributed by atoms with Crippen molar-refractivity contribution in [2.75, 3.05) is 18.8 Å². The minimum Gasteiger partial charge on any atom is -0.341 e. The summed E-state index contributed by atoms with van der Waals surface area (Å²) in [5, 5.41) is 13.7. The number of benzene rings is 1. The van der Waals surface area contributed by atoms with E-state index in [1.54, 1.807) is 17.0 Å². The lowest BCUT2D eigenvalue weighted by Gasteiger charge is -2.40. The van der Waals surface area contributed by atoms with E-state index >= 15 is 0 Å². The van der Waals surface area contributed by atoms with Crippen LogP contribution in [0.1, 0.15) is 46.0 Å². The summed E-state index contributed by atoms with van der Waals surface area (Å²) >= 11 is 1.31. The van der Waals surface area contributed by atoms with Crippen LogP contribution in [-0.4, -0.2) is 46.0 Å². The first-order valence-corrected chi connectivity index (χ1v) is 10.4. The summed E-state index contributed by atoms with van der Waals surface area (Å²) in [6.07, 6.45) is 4.30. The van der Waals surface area contributed by atoms with E-state index in [2.05, 4.69) is 5.32 Å². The second-order valence-corrected chi connectivity index (χ2v) is 7.76. The van der Waals surface area contributed by atoms with Gasteiger partial charge >= 0.3 is 0 Å². The number of nitrogens with zero attached hydrogens (tertiary/aromatic N) is 2. The van der Waals surface area contributed by atoms with Gasteiger partial charge in [0.2, 0.25) is 11.8 Å². The highest BCUT2D eigenvalue weighted by atomic mass is 32.2. The lowest BCUT2D eigenvalue weighted by molar-refractivity contribution is -0.384. The van der Waals surface area contributed by atoms with E-state index in [0.717, 1.165) is 24.2 Å². The highest BCUT2D eigenvalue weighted by Gasteiger charge is 2.42. The zero-order chi connectivity index (χ0) is 19.9. The van der Waals surface area contributed by atoms with E-state index in [9.17, 15) is 19.7 Å². The predicted molar refractivity (Wildman–Crippen MR) is 106 cm³/mol. The van der Waals surface area contributed by atoms with Crippen molar-refractivity contribution < 1.29 is 14.5 Å². The molecule has 1 saturated carbocycles. The molecule has 0 unspecified atom stereocenters. The Bertz CT molecular complexity index is 668. The summed E-state index contributed by atoms with van der Waals surface area (Å²) < 4.78 is 0. The van der Waals surface area contributed by atoms with Gasteiger partial charge in [-0.15, -0.1) is 11.8 Å². The molecular weight excluding hydrogens is 366 g/mol. The minimum absolute atomic E-state index is 0.0147. The van der Waals surface area contributed by atoms with Crippen LogP contribution in [0.3, 0.4) is 0 Å². The number of nitro benzene ring substituents is 1. The van der Waals surface area contributed by atoms with E-state index < -0.39 is 10.5 Å². The summed E-state index contributed by atoms with van der Waals surface area (Å²) in [4.78, 5) is 38.4. The van der Waals surface area contributed by atoms with Crippen LogP contribution in [0.15, 0.2) is 29.2 Å². The first-order valence-electron chi connectivity index (χ1n) is 9.39. The standard InChI is InChI=1S/C19H27N3O4S/c1-3-21(4-2)18(24)19(12-6-5-7-13-19)20-17(23)14-27-16-10-8-15(9-11-16)22(25)26/h8-11H,3-7,12-14H2,1-2H3,(H,20,23). The Labute approximate surface area is 164 Å². The Morgan fingerprint density at radius 1 is 1.15 bits per heavy atom. The van der Waals surface area contributed by atoms with Crippen LogP contribution in [0.2, 0.25) is 0 Å². The normalized spacial score (nSPS) is 15.8. The monoisotopic (exact) mass is 393 g/mol. The Hall–Kier alpha value is -2.09. The van der Waals surface area contributed by atoms with Gasteiger partial charge in [-0.2, -0.15) is 0 Å². The average Bonchev–Trinajstić information content (AvgIpc) is 2.68. The zero-order valence-electron chi connectivity index (χ0n) is 15.9. The number of carbonyl (C=O) groups is 2. The molecule has 0 aromatic heterocycles. The maximum absolute atomic E-state index is 13.0. The van der Waals surface area contributed by atoms with Crippen LogP contribution >= 0.6 is 11.8 Å². The molecule has 1 fully saturated rings. The number of non-ortho nitro benzene ring substituents is 1. The fourth-order valence-electron chi connectivity index (χ4n) is 3.48. The third-order valence-corrected chi connectivity index (χ3v) is 5.98. The number of likely N-dealkylation sites (N-methyl/N-ethyl adjacent to an activating group) is 1. The summed E-state index contributed by atoms with van der Waals surface area (Å²) in [7, 11) is 0. The maximum Gasteiger partial charge on any atom is 0.269 e. The van der Waals surface area contributed by atoms with Gasteiger partial charge in [0.05, 0.1) is 10.7 Å². The van der Waals surface area contributed by atoms with Gasteiger partial charge < -0.3 is 10.2 Å². The molecule has 0 heterocycles.